The van der Waals surface area contributed by atoms with Crippen LogP contribution in [0.25, 0.3) is 0 Å². The molecule has 0 radical (unpaired) electrons. The Morgan fingerprint density at radius 3 is 2.34 bits per heavy atom. The number of allylic oxidation sites excluding steroid dienone is 3. The van der Waals surface area contributed by atoms with Gasteiger partial charge in [0.1, 0.15) is 5.78 Å². The topological polar surface area (TPSA) is 70.6 Å². The van der Waals surface area contributed by atoms with Crippen molar-refractivity contribution in [1.82, 2.24) is 5.32 Å². The third kappa shape index (κ3) is 14.0. The van der Waals surface area contributed by atoms with Gasteiger partial charge in [-0.15, -0.1) is 0 Å². The molecule has 5 heteroatoms. The number of amides is 2. The largest absolute Gasteiger partial charge is 0.337 e. The maximum Gasteiger partial charge on any atom is 0.319 e. The average Bonchev–Trinajstić information content (AvgIpc) is 2.61. The average molecular weight is 400 g/mol. The molecular formula is C24H37N3O2. The fourth-order valence-electron chi connectivity index (χ4n) is 2.47. The van der Waals surface area contributed by atoms with Gasteiger partial charge in [0.25, 0.3) is 0 Å². The first-order valence-corrected chi connectivity index (χ1v) is 10.1. The van der Waals surface area contributed by atoms with Gasteiger partial charge in [0.05, 0.1) is 0 Å². The van der Waals surface area contributed by atoms with E-state index in [4.69, 9.17) is 0 Å². The van der Waals surface area contributed by atoms with Gasteiger partial charge in [-0.3, -0.25) is 4.99 Å². The number of aliphatic imine (C=N–C) groups is 1. The van der Waals surface area contributed by atoms with Crippen molar-refractivity contribution in [3.8, 4) is 0 Å². The van der Waals surface area contributed by atoms with Crippen LogP contribution in [0.2, 0.25) is 0 Å². The molecule has 0 saturated carbocycles. The van der Waals surface area contributed by atoms with Crippen molar-refractivity contribution in [2.24, 2.45) is 4.99 Å². The highest BCUT2D eigenvalue weighted by atomic mass is 16.2. The lowest BCUT2D eigenvalue weighted by molar-refractivity contribution is -0.114. The van der Waals surface area contributed by atoms with Gasteiger partial charge in [-0.25, -0.2) is 4.79 Å². The molecule has 0 aromatic heterocycles. The first kappa shape index (κ1) is 26.3. The van der Waals surface area contributed by atoms with Crippen LogP contribution in [0.4, 0.5) is 10.5 Å². The number of nitrogens with one attached hydrogen (secondary N) is 2. The smallest absolute Gasteiger partial charge is 0.319 e. The summed E-state index contributed by atoms with van der Waals surface area (Å²) in [5, 5.41) is 5.70. The van der Waals surface area contributed by atoms with E-state index in [-0.39, 0.29) is 11.8 Å². The number of benzene rings is 1. The molecule has 2 amide bonds. The Morgan fingerprint density at radius 2 is 1.79 bits per heavy atom. The van der Waals surface area contributed by atoms with Gasteiger partial charge in [0.2, 0.25) is 0 Å². The second-order valence-electron chi connectivity index (χ2n) is 7.17. The minimum Gasteiger partial charge on any atom is -0.337 e. The van der Waals surface area contributed by atoms with Gasteiger partial charge in [-0.1, -0.05) is 38.1 Å². The van der Waals surface area contributed by atoms with Crippen molar-refractivity contribution in [1.29, 1.82) is 0 Å². The van der Waals surface area contributed by atoms with Crippen LogP contribution >= 0.6 is 0 Å². The van der Waals surface area contributed by atoms with Crippen LogP contribution in [-0.2, 0) is 4.79 Å². The molecule has 5 nitrogen and oxygen atoms in total. The van der Waals surface area contributed by atoms with E-state index in [9.17, 15) is 9.59 Å². The molecule has 0 aliphatic heterocycles. The lowest BCUT2D eigenvalue weighted by Crippen LogP contribution is -2.30. The summed E-state index contributed by atoms with van der Waals surface area (Å²) in [6.07, 6.45) is 5.94. The Labute approximate surface area is 176 Å². The standard InChI is InChI=1S/C21H31N3O.C3H6O/c1-6-8-11-19(7-2)18(5)23-17(4)13-14-22-21(25)24-20-12-9-10-16(3)15-20;1-3(2)4/h7,9-10,12,15H,2,6,8,11,13-14H2,1,3-5H3,(H2,22,24,25);1-2H3/b19-18+,23-17?;. The number of Topliss-reactive ketones (excluding diaryl/α,β-unsaturated/α-hetero) is 1. The number of urea groups is 1. The molecule has 0 aliphatic carbocycles. The molecular weight excluding hydrogens is 362 g/mol. The van der Waals surface area contributed by atoms with Crippen LogP contribution in [0.1, 0.15) is 65.9 Å². The lowest BCUT2D eigenvalue weighted by atomic mass is 10.1. The fraction of sp³-hybridized carbons (Fsp3) is 0.458. The van der Waals surface area contributed by atoms with Crippen LogP contribution in [-0.4, -0.2) is 24.1 Å². The van der Waals surface area contributed by atoms with Crippen molar-refractivity contribution in [2.75, 3.05) is 11.9 Å². The summed E-state index contributed by atoms with van der Waals surface area (Å²) < 4.78 is 0. The first-order chi connectivity index (χ1) is 13.7. The summed E-state index contributed by atoms with van der Waals surface area (Å²) in [4.78, 5) is 26.0. The molecule has 0 aliphatic rings. The molecule has 1 rings (SSSR count). The zero-order valence-corrected chi connectivity index (χ0v) is 18.9. The van der Waals surface area contributed by atoms with E-state index in [1.807, 2.05) is 51.1 Å². The fourth-order valence-corrected chi connectivity index (χ4v) is 2.47. The van der Waals surface area contributed by atoms with E-state index in [0.29, 0.717) is 6.54 Å². The summed E-state index contributed by atoms with van der Waals surface area (Å²) in [7, 11) is 0. The van der Waals surface area contributed by atoms with Crippen LogP contribution in [0.5, 0.6) is 0 Å². The number of carbonyl (C=O) groups is 2. The number of carbonyl (C=O) groups excluding carboxylic acids is 2. The monoisotopic (exact) mass is 399 g/mol. The number of nitrogens with zero attached hydrogens (tertiary/aromatic N) is 1. The SMILES string of the molecule is C=C/C(CCCC)=C(/C)N=C(C)CCNC(=O)Nc1cccc(C)c1.CC(C)=O. The number of aryl methyl sites for hydroxylation is 1. The zero-order chi connectivity index (χ0) is 22.2. The minimum atomic E-state index is -0.194. The van der Waals surface area contributed by atoms with E-state index in [2.05, 4.69) is 29.1 Å². The molecule has 0 spiro atoms. The van der Waals surface area contributed by atoms with Crippen LogP contribution in [0.3, 0.4) is 0 Å². The van der Waals surface area contributed by atoms with Crippen molar-refractivity contribution < 1.29 is 9.59 Å². The van der Waals surface area contributed by atoms with Crippen molar-refractivity contribution in [2.45, 2.75) is 67.2 Å². The molecule has 0 bridgehead atoms. The van der Waals surface area contributed by atoms with Crippen LogP contribution in [0, 0.1) is 6.92 Å². The normalized spacial score (nSPS) is 11.6. The van der Waals surface area contributed by atoms with Gasteiger partial charge in [0, 0.05) is 30.1 Å². The van der Waals surface area contributed by atoms with Gasteiger partial charge in [0.15, 0.2) is 0 Å². The molecule has 1 aromatic rings. The summed E-state index contributed by atoms with van der Waals surface area (Å²) in [5.74, 6) is 0.167. The Kier molecular flexibility index (Phi) is 13.8. The highest BCUT2D eigenvalue weighted by Gasteiger charge is 2.03. The number of hydrogen-bond acceptors (Lipinski definition) is 3. The highest BCUT2D eigenvalue weighted by molar-refractivity contribution is 5.90. The second kappa shape index (κ2) is 15.3. The van der Waals surface area contributed by atoms with Crippen LogP contribution < -0.4 is 10.6 Å². The molecule has 0 heterocycles. The quantitative estimate of drug-likeness (QED) is 0.382. The number of rotatable bonds is 9. The number of ketones is 1. The van der Waals surface area contributed by atoms with Gasteiger partial charge >= 0.3 is 6.03 Å². The summed E-state index contributed by atoms with van der Waals surface area (Å²) >= 11 is 0. The predicted molar refractivity (Wildman–Crippen MR) is 125 cm³/mol. The minimum absolute atomic E-state index is 0.167. The van der Waals surface area contributed by atoms with E-state index >= 15 is 0 Å². The summed E-state index contributed by atoms with van der Waals surface area (Å²) in [6, 6.07) is 7.54. The molecule has 160 valence electrons. The van der Waals surface area contributed by atoms with E-state index < -0.39 is 0 Å². The van der Waals surface area contributed by atoms with Crippen molar-refractivity contribution >= 4 is 23.2 Å². The lowest BCUT2D eigenvalue weighted by Gasteiger charge is -2.09. The third-order valence-corrected chi connectivity index (χ3v) is 3.92. The molecule has 0 unspecified atom stereocenters. The Morgan fingerprint density at radius 1 is 1.14 bits per heavy atom. The van der Waals surface area contributed by atoms with E-state index in [0.717, 1.165) is 48.3 Å². The number of unbranched alkanes of at least 4 members (excludes halogenated alkanes) is 1. The Hall–Kier alpha value is -2.69. The Bertz CT molecular complexity index is 729. The number of anilines is 1. The highest BCUT2D eigenvalue weighted by Crippen LogP contribution is 2.15. The maximum absolute atomic E-state index is 11.9. The molecule has 0 saturated heterocycles. The predicted octanol–water partition coefficient (Wildman–Crippen LogP) is 6.21. The first-order valence-electron chi connectivity index (χ1n) is 10.1. The van der Waals surface area contributed by atoms with Crippen molar-refractivity contribution in [3.63, 3.8) is 0 Å². The molecule has 0 fully saturated rings. The molecule has 1 aromatic carbocycles. The van der Waals surface area contributed by atoms with Crippen molar-refractivity contribution in [3.05, 3.63) is 53.8 Å². The van der Waals surface area contributed by atoms with Crippen LogP contribution in [0.15, 0.2) is 53.2 Å². The summed E-state index contributed by atoms with van der Waals surface area (Å²) in [5.41, 5.74) is 5.14. The molecule has 0 atom stereocenters. The molecule has 29 heavy (non-hydrogen) atoms. The van der Waals surface area contributed by atoms with E-state index in [1.54, 1.807) is 0 Å². The maximum atomic E-state index is 11.9. The zero-order valence-electron chi connectivity index (χ0n) is 18.9. The van der Waals surface area contributed by atoms with Gasteiger partial charge in [-0.05, 0) is 70.7 Å². The summed E-state index contributed by atoms with van der Waals surface area (Å²) in [6.45, 7) is 15.7. The molecule has 2 N–H and O–H groups in total. The third-order valence-electron chi connectivity index (χ3n) is 3.92. The van der Waals surface area contributed by atoms with Gasteiger partial charge < -0.3 is 15.4 Å². The second-order valence-corrected chi connectivity index (χ2v) is 7.17. The Balaban J connectivity index is 0.00000178. The van der Waals surface area contributed by atoms with E-state index in [1.165, 1.54) is 19.4 Å². The number of hydrogen-bond donors (Lipinski definition) is 2. The van der Waals surface area contributed by atoms with Gasteiger partial charge in [-0.2, -0.15) is 0 Å².